The molecule has 0 radical (unpaired) electrons. The van der Waals surface area contributed by atoms with Crippen LogP contribution in [-0.4, -0.2) is 47.7 Å². The highest BCUT2D eigenvalue weighted by atomic mass is 16.5. The molecule has 1 N–H and O–H groups in total. The van der Waals surface area contributed by atoms with Crippen LogP contribution in [0.3, 0.4) is 0 Å². The fourth-order valence-corrected chi connectivity index (χ4v) is 3.60. The van der Waals surface area contributed by atoms with Crippen molar-refractivity contribution in [2.24, 2.45) is 0 Å². The Labute approximate surface area is 129 Å². The Hall–Kier alpha value is -1.88. The zero-order valence-electron chi connectivity index (χ0n) is 12.7. The summed E-state index contributed by atoms with van der Waals surface area (Å²) in [7, 11) is 0. The van der Waals surface area contributed by atoms with E-state index >= 15 is 0 Å². The predicted molar refractivity (Wildman–Crippen MR) is 80.7 cm³/mol. The summed E-state index contributed by atoms with van der Waals surface area (Å²) in [5, 5.41) is 9.11. The second-order valence-corrected chi connectivity index (χ2v) is 6.29. The number of aliphatic carboxylic acids is 1. The normalized spacial score (nSPS) is 28.0. The fourth-order valence-electron chi connectivity index (χ4n) is 3.60. The first kappa shape index (κ1) is 15.0. The maximum Gasteiger partial charge on any atom is 0.334 e. The van der Waals surface area contributed by atoms with Gasteiger partial charge in [0, 0.05) is 6.54 Å². The zero-order chi connectivity index (χ0) is 15.7. The molecule has 5 nitrogen and oxygen atoms in total. The van der Waals surface area contributed by atoms with Gasteiger partial charge in [-0.15, -0.1) is 0 Å². The molecule has 2 atom stereocenters. The van der Waals surface area contributed by atoms with E-state index in [1.54, 1.807) is 4.90 Å². The number of morpholine rings is 1. The van der Waals surface area contributed by atoms with Crippen molar-refractivity contribution < 1.29 is 19.4 Å². The fraction of sp³-hybridized carbons (Fsp3) is 0.529. The van der Waals surface area contributed by atoms with Gasteiger partial charge < -0.3 is 14.7 Å². The molecule has 0 spiro atoms. The van der Waals surface area contributed by atoms with Crippen molar-refractivity contribution in [2.45, 2.75) is 37.7 Å². The van der Waals surface area contributed by atoms with E-state index in [-0.39, 0.29) is 19.1 Å². The number of fused-ring (bicyclic) bond motifs is 1. The van der Waals surface area contributed by atoms with Crippen molar-refractivity contribution in [3.8, 4) is 0 Å². The number of amides is 1. The molecule has 1 fully saturated rings. The number of carbonyl (C=O) groups excluding carboxylic acids is 1. The van der Waals surface area contributed by atoms with Gasteiger partial charge >= 0.3 is 5.97 Å². The van der Waals surface area contributed by atoms with Crippen molar-refractivity contribution in [3.63, 3.8) is 0 Å². The maximum atomic E-state index is 13.1. The van der Waals surface area contributed by atoms with E-state index in [2.05, 4.69) is 6.07 Å². The number of ether oxygens (including phenoxy) is 1. The summed E-state index contributed by atoms with van der Waals surface area (Å²) in [5.41, 5.74) is 1.76. The van der Waals surface area contributed by atoms with Crippen LogP contribution in [0.1, 0.15) is 30.9 Å². The minimum absolute atomic E-state index is 0.0224. The van der Waals surface area contributed by atoms with E-state index in [1.165, 1.54) is 5.56 Å². The number of nitrogens with zero attached hydrogens (tertiary/aromatic N) is 1. The number of carboxylic acids is 1. The number of aryl methyl sites for hydroxylation is 1. The molecule has 1 aromatic carbocycles. The van der Waals surface area contributed by atoms with Crippen LogP contribution < -0.4 is 0 Å². The van der Waals surface area contributed by atoms with Crippen molar-refractivity contribution in [3.05, 3.63) is 35.4 Å². The van der Waals surface area contributed by atoms with Gasteiger partial charge in [0.25, 0.3) is 0 Å². The Bertz CT molecular complexity index is 600. The molecule has 1 aromatic rings. The third-order valence-electron chi connectivity index (χ3n) is 4.84. The Morgan fingerprint density at radius 2 is 2.14 bits per heavy atom. The van der Waals surface area contributed by atoms with Gasteiger partial charge in [-0.1, -0.05) is 24.3 Å². The van der Waals surface area contributed by atoms with Crippen LogP contribution in [0.15, 0.2) is 24.3 Å². The molecular formula is C17H21NO4. The number of hydrogen-bond acceptors (Lipinski definition) is 3. The first-order chi connectivity index (χ1) is 10.5. The Morgan fingerprint density at radius 1 is 1.36 bits per heavy atom. The highest BCUT2D eigenvalue weighted by Gasteiger charge is 2.43. The van der Waals surface area contributed by atoms with E-state index in [0.29, 0.717) is 6.54 Å². The smallest absolute Gasteiger partial charge is 0.334 e. The second-order valence-electron chi connectivity index (χ2n) is 6.29. The van der Waals surface area contributed by atoms with Crippen molar-refractivity contribution in [1.29, 1.82) is 0 Å². The molecule has 0 bridgehead atoms. The maximum absolute atomic E-state index is 13.1. The van der Waals surface area contributed by atoms with E-state index in [1.807, 2.05) is 25.1 Å². The molecule has 1 saturated heterocycles. The number of hydrogen-bond donors (Lipinski definition) is 1. The van der Waals surface area contributed by atoms with E-state index in [4.69, 9.17) is 9.84 Å². The van der Waals surface area contributed by atoms with Gasteiger partial charge in [-0.05, 0) is 37.3 Å². The van der Waals surface area contributed by atoms with Crippen LogP contribution in [0.4, 0.5) is 0 Å². The van der Waals surface area contributed by atoms with Gasteiger partial charge in [-0.2, -0.15) is 0 Å². The number of benzene rings is 1. The molecule has 1 aliphatic heterocycles. The first-order valence-corrected chi connectivity index (χ1v) is 7.74. The van der Waals surface area contributed by atoms with Gasteiger partial charge in [0.2, 0.25) is 5.91 Å². The third kappa shape index (κ3) is 2.50. The highest BCUT2D eigenvalue weighted by molar-refractivity contribution is 5.89. The van der Waals surface area contributed by atoms with Gasteiger partial charge in [-0.25, -0.2) is 4.79 Å². The lowest BCUT2D eigenvalue weighted by molar-refractivity contribution is -0.161. The average Bonchev–Trinajstić information content (AvgIpc) is 2.54. The Kier molecular flexibility index (Phi) is 3.91. The molecule has 1 heterocycles. The van der Waals surface area contributed by atoms with Crippen LogP contribution in [0, 0.1) is 0 Å². The van der Waals surface area contributed by atoms with Crippen molar-refractivity contribution in [1.82, 2.24) is 4.90 Å². The molecule has 5 heteroatoms. The molecular weight excluding hydrogens is 282 g/mol. The van der Waals surface area contributed by atoms with Crippen LogP contribution >= 0.6 is 0 Å². The molecule has 0 saturated carbocycles. The summed E-state index contributed by atoms with van der Waals surface area (Å²) in [6.45, 7) is 2.85. The monoisotopic (exact) mass is 303 g/mol. The molecule has 3 rings (SSSR count). The minimum Gasteiger partial charge on any atom is -0.479 e. The predicted octanol–water partition coefficient (Wildman–Crippen LogP) is 1.59. The summed E-state index contributed by atoms with van der Waals surface area (Å²) >= 11 is 0. The molecule has 0 unspecified atom stereocenters. The number of carbonyl (C=O) groups is 2. The van der Waals surface area contributed by atoms with Crippen molar-refractivity contribution in [2.75, 3.05) is 19.7 Å². The van der Waals surface area contributed by atoms with Gasteiger partial charge in [0.1, 0.15) is 0 Å². The molecule has 1 aliphatic carbocycles. The van der Waals surface area contributed by atoms with E-state index < -0.39 is 17.5 Å². The van der Waals surface area contributed by atoms with Gasteiger partial charge in [-0.3, -0.25) is 4.79 Å². The molecule has 118 valence electrons. The lowest BCUT2D eigenvalue weighted by atomic mass is 9.70. The number of carboxylic acid groups (broad SMARTS) is 1. The summed E-state index contributed by atoms with van der Waals surface area (Å²) in [5.74, 6) is -0.985. The van der Waals surface area contributed by atoms with Crippen LogP contribution in [0.25, 0.3) is 0 Å². The summed E-state index contributed by atoms with van der Waals surface area (Å²) < 4.78 is 5.22. The van der Waals surface area contributed by atoms with E-state index in [0.717, 1.165) is 24.8 Å². The summed E-state index contributed by atoms with van der Waals surface area (Å²) in [6.07, 6.45) is 1.87. The Balaban J connectivity index is 1.87. The summed E-state index contributed by atoms with van der Waals surface area (Å²) in [4.78, 5) is 25.9. The summed E-state index contributed by atoms with van der Waals surface area (Å²) in [6, 6.07) is 8.08. The van der Waals surface area contributed by atoms with Gasteiger partial charge in [0.05, 0.1) is 18.6 Å². The number of rotatable bonds is 2. The van der Waals surface area contributed by atoms with Crippen LogP contribution in [0.5, 0.6) is 0 Å². The topological polar surface area (TPSA) is 66.8 Å². The average molecular weight is 303 g/mol. The third-order valence-corrected chi connectivity index (χ3v) is 4.84. The first-order valence-electron chi connectivity index (χ1n) is 7.74. The zero-order valence-corrected chi connectivity index (χ0v) is 12.7. The van der Waals surface area contributed by atoms with Crippen LogP contribution in [-0.2, 0) is 26.2 Å². The highest BCUT2D eigenvalue weighted by Crippen LogP contribution is 2.38. The molecule has 0 aromatic heterocycles. The van der Waals surface area contributed by atoms with E-state index in [9.17, 15) is 9.59 Å². The lowest BCUT2D eigenvalue weighted by Gasteiger charge is -2.41. The van der Waals surface area contributed by atoms with Crippen molar-refractivity contribution >= 4 is 11.9 Å². The van der Waals surface area contributed by atoms with Gasteiger partial charge in [0.15, 0.2) is 6.10 Å². The molecule has 22 heavy (non-hydrogen) atoms. The standard InChI is InChI=1S/C17H21NO4/c1-17(8-4-6-12-5-2-3-7-13(12)17)16(21)18-9-10-22-14(11-18)15(19)20/h2-3,5,7,14H,4,6,8-11H2,1H3,(H,19,20)/t14-,17-/m1/s1. The minimum atomic E-state index is -1.01. The second kappa shape index (κ2) is 5.72. The van der Waals surface area contributed by atoms with Crippen LogP contribution in [0.2, 0.25) is 0 Å². The molecule has 1 amide bonds. The lowest BCUT2D eigenvalue weighted by Crippen LogP contribution is -2.54. The SMILES string of the molecule is C[C@@]1(C(=O)N2CCO[C@@H](C(=O)O)C2)CCCc2ccccc21. The molecule has 2 aliphatic rings. The Morgan fingerprint density at radius 3 is 2.91 bits per heavy atom. The quantitative estimate of drug-likeness (QED) is 0.901. The largest absolute Gasteiger partial charge is 0.479 e.